The molecule has 2 aromatic carbocycles. The lowest BCUT2D eigenvalue weighted by atomic mass is 10.1. The zero-order valence-corrected chi connectivity index (χ0v) is 18.0. The highest BCUT2D eigenvalue weighted by Crippen LogP contribution is 2.48. The summed E-state index contributed by atoms with van der Waals surface area (Å²) in [6.07, 6.45) is 4.95. The van der Waals surface area contributed by atoms with Crippen LogP contribution in [0.2, 0.25) is 0 Å². The third-order valence-electron chi connectivity index (χ3n) is 5.99. The van der Waals surface area contributed by atoms with Gasteiger partial charge in [-0.15, -0.1) is 10.2 Å². The lowest BCUT2D eigenvalue weighted by Gasteiger charge is -2.10. The van der Waals surface area contributed by atoms with Gasteiger partial charge in [0.05, 0.1) is 5.56 Å². The molecule has 5 nitrogen and oxygen atoms in total. The Labute approximate surface area is 182 Å². The summed E-state index contributed by atoms with van der Waals surface area (Å²) in [5.41, 5.74) is 2.13. The van der Waals surface area contributed by atoms with Crippen LogP contribution in [0.1, 0.15) is 43.0 Å². The summed E-state index contributed by atoms with van der Waals surface area (Å²) in [4.78, 5) is 12.8. The molecule has 1 saturated carbocycles. The molecule has 2 aliphatic rings. The van der Waals surface area contributed by atoms with E-state index in [2.05, 4.69) is 43.6 Å². The molecule has 2 unspecified atom stereocenters. The number of carbonyl (C=O) groups is 1. The van der Waals surface area contributed by atoms with Gasteiger partial charge in [0.2, 0.25) is 5.91 Å². The number of halogens is 2. The Morgan fingerprint density at radius 1 is 1.13 bits per heavy atom. The van der Waals surface area contributed by atoms with Gasteiger partial charge in [-0.05, 0) is 61.1 Å². The first kappa shape index (κ1) is 19.4. The third-order valence-corrected chi connectivity index (χ3v) is 6.48. The van der Waals surface area contributed by atoms with Crippen molar-refractivity contribution in [2.45, 2.75) is 44.6 Å². The minimum absolute atomic E-state index is 0.0300. The number of nitrogens with one attached hydrogen (secondary N) is 1. The second-order valence-corrected chi connectivity index (χ2v) is 9.01. The van der Waals surface area contributed by atoms with E-state index in [1.54, 1.807) is 12.1 Å². The van der Waals surface area contributed by atoms with Gasteiger partial charge in [0.15, 0.2) is 5.82 Å². The summed E-state index contributed by atoms with van der Waals surface area (Å²) in [7, 11) is 0. The topological polar surface area (TPSA) is 59.8 Å². The maximum atomic E-state index is 14.6. The molecule has 0 spiro atoms. The monoisotopic (exact) mass is 468 g/mol. The van der Waals surface area contributed by atoms with Crippen LogP contribution in [0.4, 0.5) is 10.1 Å². The summed E-state index contributed by atoms with van der Waals surface area (Å²) < 4.78 is 17.7. The Hall–Kier alpha value is -2.54. The highest BCUT2D eigenvalue weighted by Gasteiger charge is 2.44. The number of amides is 1. The fourth-order valence-corrected chi connectivity index (χ4v) is 4.70. The van der Waals surface area contributed by atoms with Crippen molar-refractivity contribution in [1.29, 1.82) is 0 Å². The van der Waals surface area contributed by atoms with Crippen molar-refractivity contribution < 1.29 is 9.18 Å². The maximum absolute atomic E-state index is 14.6. The first-order chi connectivity index (χ1) is 14.6. The Kier molecular flexibility index (Phi) is 5.15. The molecule has 30 heavy (non-hydrogen) atoms. The number of hydrogen-bond acceptors (Lipinski definition) is 3. The molecule has 3 aromatic rings. The molecule has 1 aliphatic heterocycles. The first-order valence-electron chi connectivity index (χ1n) is 10.4. The smallest absolute Gasteiger partial charge is 0.228 e. The van der Waals surface area contributed by atoms with Crippen molar-refractivity contribution in [1.82, 2.24) is 14.8 Å². The fraction of sp³-hybridized carbons (Fsp3) is 0.348. The molecule has 5 rings (SSSR count). The lowest BCUT2D eigenvalue weighted by Crippen LogP contribution is -2.15. The minimum Gasteiger partial charge on any atom is -0.326 e. The van der Waals surface area contributed by atoms with E-state index in [0.717, 1.165) is 54.5 Å². The van der Waals surface area contributed by atoms with Gasteiger partial charge in [-0.1, -0.05) is 34.5 Å². The largest absolute Gasteiger partial charge is 0.326 e. The Morgan fingerprint density at radius 2 is 2.03 bits per heavy atom. The van der Waals surface area contributed by atoms with Gasteiger partial charge in [-0.2, -0.15) is 0 Å². The molecule has 7 heteroatoms. The van der Waals surface area contributed by atoms with Gasteiger partial charge in [-0.25, -0.2) is 4.39 Å². The Balaban J connectivity index is 1.35. The molecule has 0 radical (unpaired) electrons. The SMILES string of the molecule is O=C(Nc1ccc(F)c(-c2nnc3n2CCCCC3)c1)C1CC1c1cccc(Br)c1. The Bertz CT molecular complexity index is 1110. The van der Waals surface area contributed by atoms with E-state index < -0.39 is 0 Å². The molecule has 2 atom stereocenters. The van der Waals surface area contributed by atoms with Gasteiger partial charge < -0.3 is 9.88 Å². The molecule has 0 bridgehead atoms. The zero-order valence-electron chi connectivity index (χ0n) is 16.4. The van der Waals surface area contributed by atoms with Crippen LogP contribution in [0.15, 0.2) is 46.9 Å². The summed E-state index contributed by atoms with van der Waals surface area (Å²) in [6, 6.07) is 12.7. The van der Waals surface area contributed by atoms with Crippen LogP contribution in [0.3, 0.4) is 0 Å². The predicted octanol–water partition coefficient (Wildman–Crippen LogP) is 5.32. The van der Waals surface area contributed by atoms with Crippen LogP contribution in [0, 0.1) is 11.7 Å². The van der Waals surface area contributed by atoms with E-state index in [1.807, 2.05) is 16.7 Å². The van der Waals surface area contributed by atoms with Crippen LogP contribution < -0.4 is 5.32 Å². The summed E-state index contributed by atoms with van der Waals surface area (Å²) in [5.74, 6) is 1.24. The van der Waals surface area contributed by atoms with E-state index in [0.29, 0.717) is 17.1 Å². The molecule has 1 amide bonds. The van der Waals surface area contributed by atoms with Crippen molar-refractivity contribution in [2.24, 2.45) is 5.92 Å². The number of carbonyl (C=O) groups excluding carboxylic acids is 1. The van der Waals surface area contributed by atoms with Gasteiger partial charge >= 0.3 is 0 Å². The number of fused-ring (bicyclic) bond motifs is 1. The van der Waals surface area contributed by atoms with Gasteiger partial charge in [0, 0.05) is 29.0 Å². The van der Waals surface area contributed by atoms with E-state index in [-0.39, 0.29) is 23.6 Å². The van der Waals surface area contributed by atoms with E-state index in [4.69, 9.17) is 0 Å². The number of anilines is 1. The second-order valence-electron chi connectivity index (χ2n) is 8.09. The highest BCUT2D eigenvalue weighted by molar-refractivity contribution is 9.10. The molecule has 1 aliphatic carbocycles. The first-order valence-corrected chi connectivity index (χ1v) is 11.2. The van der Waals surface area contributed by atoms with E-state index >= 15 is 0 Å². The molecule has 1 fully saturated rings. The molecule has 0 saturated heterocycles. The van der Waals surface area contributed by atoms with Gasteiger partial charge in [0.1, 0.15) is 11.6 Å². The fourth-order valence-electron chi connectivity index (χ4n) is 4.28. The van der Waals surface area contributed by atoms with Crippen LogP contribution >= 0.6 is 15.9 Å². The summed E-state index contributed by atoms with van der Waals surface area (Å²) >= 11 is 3.48. The molecule has 2 heterocycles. The molecule has 154 valence electrons. The molecule has 1 aromatic heterocycles. The number of hydrogen-bond donors (Lipinski definition) is 1. The number of benzene rings is 2. The Morgan fingerprint density at radius 3 is 2.90 bits per heavy atom. The number of aryl methyl sites for hydroxylation is 1. The average Bonchev–Trinajstić information content (AvgIpc) is 3.50. The quantitative estimate of drug-likeness (QED) is 0.563. The number of nitrogens with zero attached hydrogens (tertiary/aromatic N) is 3. The van der Waals surface area contributed by atoms with Gasteiger partial charge in [-0.3, -0.25) is 4.79 Å². The standard InChI is InChI=1S/C23H22BrFN4O/c24-15-6-4-5-14(11-15)17-13-18(17)23(30)26-16-8-9-20(25)19(12-16)22-28-27-21-7-2-1-3-10-29(21)22/h4-6,8-9,11-12,17-18H,1-3,7,10,13H2,(H,26,30). The highest BCUT2D eigenvalue weighted by atomic mass is 79.9. The lowest BCUT2D eigenvalue weighted by molar-refractivity contribution is -0.117. The van der Waals surface area contributed by atoms with Crippen molar-refractivity contribution in [3.63, 3.8) is 0 Å². The number of aromatic nitrogens is 3. The van der Waals surface area contributed by atoms with Crippen LogP contribution in [0.25, 0.3) is 11.4 Å². The van der Waals surface area contributed by atoms with E-state index in [1.165, 1.54) is 6.07 Å². The summed E-state index contributed by atoms with van der Waals surface area (Å²) in [6.45, 7) is 0.796. The normalized spacial score (nSPS) is 20.3. The molecular formula is C23H22BrFN4O. The van der Waals surface area contributed by atoms with E-state index in [9.17, 15) is 9.18 Å². The second kappa shape index (κ2) is 7.95. The average molecular weight is 469 g/mol. The molecule has 1 N–H and O–H groups in total. The van der Waals surface area contributed by atoms with Gasteiger partial charge in [0.25, 0.3) is 0 Å². The minimum atomic E-state index is -0.356. The predicted molar refractivity (Wildman–Crippen MR) is 117 cm³/mol. The third kappa shape index (κ3) is 3.78. The maximum Gasteiger partial charge on any atom is 0.228 e. The van der Waals surface area contributed by atoms with Crippen molar-refractivity contribution >= 4 is 27.5 Å². The summed E-state index contributed by atoms with van der Waals surface area (Å²) in [5, 5.41) is 11.5. The van der Waals surface area contributed by atoms with Crippen molar-refractivity contribution in [2.75, 3.05) is 5.32 Å². The zero-order chi connectivity index (χ0) is 20.7. The van der Waals surface area contributed by atoms with Crippen molar-refractivity contribution in [3.8, 4) is 11.4 Å². The van der Waals surface area contributed by atoms with Crippen molar-refractivity contribution in [3.05, 3.63) is 64.1 Å². The van der Waals surface area contributed by atoms with Crippen LogP contribution in [-0.2, 0) is 17.8 Å². The number of rotatable bonds is 4. The van der Waals surface area contributed by atoms with Crippen LogP contribution in [0.5, 0.6) is 0 Å². The molecular weight excluding hydrogens is 447 g/mol. The van der Waals surface area contributed by atoms with Crippen LogP contribution in [-0.4, -0.2) is 20.7 Å².